The molecule has 0 fully saturated rings. The second-order valence-electron chi connectivity index (χ2n) is 7.17. The zero-order valence-corrected chi connectivity index (χ0v) is 19.5. The molecular formula is C24H19ClFN5O2S. The van der Waals surface area contributed by atoms with Gasteiger partial charge in [-0.1, -0.05) is 53.7 Å². The van der Waals surface area contributed by atoms with Gasteiger partial charge in [-0.25, -0.2) is 4.39 Å². The molecule has 3 aromatic carbocycles. The van der Waals surface area contributed by atoms with Crippen molar-refractivity contribution < 1.29 is 14.0 Å². The standard InChI is InChI=1S/C24H19ClFN5O2S/c1-15(32)27-16-11-12-19(25)21(13-16)28-22(33)14-34-24-30-29-23(18-9-5-6-10-20(18)26)31(24)17-7-3-2-4-8-17/h2-13H,14H2,1H3,(H,27,32)(H,28,33). The third kappa shape index (κ3) is 5.44. The predicted molar refractivity (Wildman–Crippen MR) is 132 cm³/mol. The normalized spacial score (nSPS) is 10.7. The lowest BCUT2D eigenvalue weighted by atomic mass is 10.2. The van der Waals surface area contributed by atoms with Crippen LogP contribution in [0, 0.1) is 5.82 Å². The Kier molecular flexibility index (Phi) is 7.24. The quantitative estimate of drug-likeness (QED) is 0.334. The highest BCUT2D eigenvalue weighted by atomic mass is 35.5. The molecule has 1 aromatic heterocycles. The molecule has 0 saturated heterocycles. The number of aromatic nitrogens is 3. The number of rotatable bonds is 7. The molecule has 2 amide bonds. The second kappa shape index (κ2) is 10.5. The van der Waals surface area contributed by atoms with Crippen molar-refractivity contribution in [2.45, 2.75) is 12.1 Å². The maximum atomic E-state index is 14.5. The summed E-state index contributed by atoms with van der Waals surface area (Å²) in [6, 6.07) is 20.4. The number of carbonyl (C=O) groups excluding carboxylic acids is 2. The zero-order chi connectivity index (χ0) is 24.1. The maximum Gasteiger partial charge on any atom is 0.234 e. The Balaban J connectivity index is 1.56. The molecule has 0 bridgehead atoms. The van der Waals surface area contributed by atoms with E-state index in [1.54, 1.807) is 41.0 Å². The number of anilines is 2. The number of nitrogens with one attached hydrogen (secondary N) is 2. The minimum Gasteiger partial charge on any atom is -0.326 e. The summed E-state index contributed by atoms with van der Waals surface area (Å²) in [6.45, 7) is 1.39. The summed E-state index contributed by atoms with van der Waals surface area (Å²) in [5, 5.41) is 14.6. The van der Waals surface area contributed by atoms with Crippen LogP contribution in [0.25, 0.3) is 17.1 Å². The van der Waals surface area contributed by atoms with Gasteiger partial charge in [0.1, 0.15) is 5.82 Å². The molecule has 0 aliphatic rings. The van der Waals surface area contributed by atoms with Crippen molar-refractivity contribution in [2.75, 3.05) is 16.4 Å². The summed E-state index contributed by atoms with van der Waals surface area (Å²) in [4.78, 5) is 23.9. The molecule has 7 nitrogen and oxygen atoms in total. The Hall–Kier alpha value is -3.69. The zero-order valence-electron chi connectivity index (χ0n) is 18.0. The van der Waals surface area contributed by atoms with Crippen molar-refractivity contribution in [3.63, 3.8) is 0 Å². The lowest BCUT2D eigenvalue weighted by Crippen LogP contribution is -2.15. The number of para-hydroxylation sites is 1. The number of nitrogens with zero attached hydrogens (tertiary/aromatic N) is 3. The van der Waals surface area contributed by atoms with Gasteiger partial charge in [0, 0.05) is 18.3 Å². The van der Waals surface area contributed by atoms with Gasteiger partial charge in [-0.2, -0.15) is 0 Å². The van der Waals surface area contributed by atoms with Crippen LogP contribution >= 0.6 is 23.4 Å². The average Bonchev–Trinajstić information content (AvgIpc) is 3.24. The van der Waals surface area contributed by atoms with Crippen LogP contribution in [0.5, 0.6) is 0 Å². The van der Waals surface area contributed by atoms with Crippen LogP contribution in [0.4, 0.5) is 15.8 Å². The van der Waals surface area contributed by atoms with Gasteiger partial charge in [-0.3, -0.25) is 14.2 Å². The van der Waals surface area contributed by atoms with Crippen molar-refractivity contribution in [3.05, 3.63) is 83.6 Å². The summed E-state index contributed by atoms with van der Waals surface area (Å²) < 4.78 is 16.2. The summed E-state index contributed by atoms with van der Waals surface area (Å²) in [5.41, 5.74) is 1.92. The number of hydrogen-bond acceptors (Lipinski definition) is 5. The third-order valence-electron chi connectivity index (χ3n) is 4.66. The number of amides is 2. The fraction of sp³-hybridized carbons (Fsp3) is 0.0833. The average molecular weight is 496 g/mol. The van der Waals surface area contributed by atoms with E-state index in [-0.39, 0.29) is 17.6 Å². The molecule has 0 aliphatic heterocycles. The van der Waals surface area contributed by atoms with Gasteiger partial charge in [0.25, 0.3) is 0 Å². The Bertz CT molecular complexity index is 1350. The van der Waals surface area contributed by atoms with E-state index in [1.165, 1.54) is 13.0 Å². The topological polar surface area (TPSA) is 88.9 Å². The van der Waals surface area contributed by atoms with Crippen LogP contribution in [0.1, 0.15) is 6.92 Å². The molecule has 1 heterocycles. The lowest BCUT2D eigenvalue weighted by Gasteiger charge is -2.12. The summed E-state index contributed by atoms with van der Waals surface area (Å²) in [7, 11) is 0. The van der Waals surface area contributed by atoms with Crippen LogP contribution < -0.4 is 10.6 Å². The third-order valence-corrected chi connectivity index (χ3v) is 5.91. The predicted octanol–water partition coefficient (Wildman–Crippen LogP) is 5.42. The first-order valence-electron chi connectivity index (χ1n) is 10.2. The monoisotopic (exact) mass is 495 g/mol. The summed E-state index contributed by atoms with van der Waals surface area (Å²) in [6.07, 6.45) is 0. The van der Waals surface area contributed by atoms with Gasteiger partial charge in [-0.05, 0) is 42.5 Å². The van der Waals surface area contributed by atoms with E-state index in [0.29, 0.717) is 32.9 Å². The highest BCUT2D eigenvalue weighted by Crippen LogP contribution is 2.30. The van der Waals surface area contributed by atoms with Gasteiger partial charge in [-0.15, -0.1) is 10.2 Å². The van der Waals surface area contributed by atoms with E-state index in [9.17, 15) is 14.0 Å². The minimum absolute atomic E-state index is 0.00291. The van der Waals surface area contributed by atoms with Gasteiger partial charge in [0.05, 0.1) is 22.0 Å². The lowest BCUT2D eigenvalue weighted by molar-refractivity contribution is -0.114. The van der Waals surface area contributed by atoms with Crippen molar-refractivity contribution in [3.8, 4) is 17.1 Å². The van der Waals surface area contributed by atoms with Crippen LogP contribution in [-0.2, 0) is 9.59 Å². The number of hydrogen-bond donors (Lipinski definition) is 2. The van der Waals surface area contributed by atoms with E-state index in [1.807, 2.05) is 30.3 Å². The van der Waals surface area contributed by atoms with E-state index in [2.05, 4.69) is 20.8 Å². The Labute approximate surface area is 204 Å². The van der Waals surface area contributed by atoms with Gasteiger partial charge in [0.2, 0.25) is 11.8 Å². The molecule has 0 unspecified atom stereocenters. The summed E-state index contributed by atoms with van der Waals surface area (Å²) in [5.74, 6) is -0.653. The molecular weight excluding hydrogens is 477 g/mol. The van der Waals surface area contributed by atoms with Gasteiger partial charge in [0.15, 0.2) is 11.0 Å². The number of benzene rings is 3. The van der Waals surface area contributed by atoms with E-state index < -0.39 is 5.82 Å². The number of carbonyl (C=O) groups is 2. The van der Waals surface area contributed by atoms with Crippen molar-refractivity contribution >= 4 is 46.6 Å². The Morgan fingerprint density at radius 3 is 2.47 bits per heavy atom. The van der Waals surface area contributed by atoms with Crippen molar-refractivity contribution in [1.82, 2.24) is 14.8 Å². The first-order valence-corrected chi connectivity index (χ1v) is 11.5. The molecule has 172 valence electrons. The molecule has 4 rings (SSSR count). The SMILES string of the molecule is CC(=O)Nc1ccc(Cl)c(NC(=O)CSc2nnc(-c3ccccc3F)n2-c2ccccc2)c1. The molecule has 4 aromatic rings. The van der Waals surface area contributed by atoms with E-state index in [4.69, 9.17) is 11.6 Å². The molecule has 34 heavy (non-hydrogen) atoms. The fourth-order valence-electron chi connectivity index (χ4n) is 3.21. The highest BCUT2D eigenvalue weighted by molar-refractivity contribution is 7.99. The smallest absolute Gasteiger partial charge is 0.234 e. The first kappa shape index (κ1) is 23.5. The molecule has 0 atom stereocenters. The Morgan fingerprint density at radius 2 is 1.74 bits per heavy atom. The summed E-state index contributed by atoms with van der Waals surface area (Å²) >= 11 is 7.34. The molecule has 2 N–H and O–H groups in total. The highest BCUT2D eigenvalue weighted by Gasteiger charge is 2.19. The second-order valence-corrected chi connectivity index (χ2v) is 8.52. The van der Waals surface area contributed by atoms with Crippen LogP contribution in [-0.4, -0.2) is 32.3 Å². The van der Waals surface area contributed by atoms with Crippen LogP contribution in [0.3, 0.4) is 0 Å². The molecule has 0 spiro atoms. The van der Waals surface area contributed by atoms with Crippen molar-refractivity contribution in [2.24, 2.45) is 0 Å². The molecule has 0 saturated carbocycles. The van der Waals surface area contributed by atoms with E-state index >= 15 is 0 Å². The van der Waals surface area contributed by atoms with Gasteiger partial charge >= 0.3 is 0 Å². The van der Waals surface area contributed by atoms with Gasteiger partial charge < -0.3 is 10.6 Å². The van der Waals surface area contributed by atoms with Crippen molar-refractivity contribution in [1.29, 1.82) is 0 Å². The minimum atomic E-state index is -0.421. The molecule has 0 radical (unpaired) electrons. The van der Waals surface area contributed by atoms with E-state index in [0.717, 1.165) is 17.4 Å². The first-order chi connectivity index (χ1) is 16.4. The molecule has 10 heteroatoms. The Morgan fingerprint density at radius 1 is 1.00 bits per heavy atom. The number of thioether (sulfide) groups is 1. The molecule has 0 aliphatic carbocycles. The van der Waals surface area contributed by atoms with Crippen LogP contribution in [0.2, 0.25) is 5.02 Å². The maximum absolute atomic E-state index is 14.5. The fourth-order valence-corrected chi connectivity index (χ4v) is 4.13. The number of halogens is 2. The largest absolute Gasteiger partial charge is 0.326 e. The van der Waals surface area contributed by atoms with Crippen LogP contribution in [0.15, 0.2) is 78.0 Å².